The second-order valence-electron chi connectivity index (χ2n) is 10.7. The molecule has 0 bridgehead atoms. The van der Waals surface area contributed by atoms with Gasteiger partial charge < -0.3 is 19.5 Å². The van der Waals surface area contributed by atoms with Crippen LogP contribution in [0, 0.1) is 6.92 Å². The molecule has 3 rings (SSSR count). The highest BCUT2D eigenvalue weighted by molar-refractivity contribution is 5.99. The number of nitrogens with one attached hydrogen (secondary N) is 1. The lowest BCUT2D eigenvalue weighted by molar-refractivity contribution is -0.141. The number of amides is 2. The van der Waals surface area contributed by atoms with Crippen LogP contribution in [-0.2, 0) is 28.1 Å². The van der Waals surface area contributed by atoms with E-state index >= 15 is 0 Å². The molecule has 2 aromatic carbocycles. The Morgan fingerprint density at radius 3 is 2.36 bits per heavy atom. The molecule has 6 nitrogen and oxygen atoms in total. The van der Waals surface area contributed by atoms with Crippen LogP contribution in [0.5, 0.6) is 5.75 Å². The lowest BCUT2D eigenvalue weighted by atomic mass is 9.81. The van der Waals surface area contributed by atoms with E-state index in [2.05, 4.69) is 61.0 Å². The summed E-state index contributed by atoms with van der Waals surface area (Å²) >= 11 is 0. The Morgan fingerprint density at radius 1 is 1.00 bits per heavy atom. The maximum atomic E-state index is 14.4. The second kappa shape index (κ2) is 14.2. The molecule has 0 saturated heterocycles. The van der Waals surface area contributed by atoms with Crippen LogP contribution < -0.4 is 10.1 Å². The second-order valence-corrected chi connectivity index (χ2v) is 10.7. The summed E-state index contributed by atoms with van der Waals surface area (Å²) in [6.07, 6.45) is 7.27. The number of nitrogens with zero attached hydrogens (tertiary/aromatic N) is 2. The van der Waals surface area contributed by atoms with Gasteiger partial charge in [0.05, 0.1) is 7.11 Å². The zero-order chi connectivity index (χ0) is 28.4. The zero-order valence-electron chi connectivity index (χ0n) is 24.8. The first-order chi connectivity index (χ1) is 18.8. The third kappa shape index (κ3) is 7.03. The normalized spacial score (nSPS) is 12.8. The van der Waals surface area contributed by atoms with Gasteiger partial charge in [-0.15, -0.1) is 0 Å². The topological polar surface area (TPSA) is 63.6 Å². The van der Waals surface area contributed by atoms with E-state index in [1.807, 2.05) is 30.1 Å². The number of carbonyl (C=O) groups excluding carboxylic acids is 2. The summed E-state index contributed by atoms with van der Waals surface area (Å²) in [5.74, 6) is 0.495. The molecule has 6 heteroatoms. The summed E-state index contributed by atoms with van der Waals surface area (Å²) in [5, 5.41) is 4.17. The monoisotopic (exact) mass is 533 g/mol. The summed E-state index contributed by atoms with van der Waals surface area (Å²) in [4.78, 5) is 29.0. The first-order valence-electron chi connectivity index (χ1n) is 14.5. The lowest BCUT2D eigenvalue weighted by Crippen LogP contribution is -2.56. The predicted molar refractivity (Wildman–Crippen MR) is 160 cm³/mol. The molecule has 1 atom stereocenters. The average Bonchev–Trinajstić information content (AvgIpc) is 3.21. The molecule has 2 amide bonds. The van der Waals surface area contributed by atoms with Crippen molar-refractivity contribution in [2.45, 2.75) is 91.1 Å². The molecule has 0 radical (unpaired) electrons. The molecule has 39 heavy (non-hydrogen) atoms. The fourth-order valence-electron chi connectivity index (χ4n) is 5.78. The molecule has 1 N–H and O–H groups in total. The number of unbranched alkanes of at least 4 members (excludes halogenated alkanes) is 3. The van der Waals surface area contributed by atoms with E-state index in [0.29, 0.717) is 13.0 Å². The molecular weight excluding hydrogens is 486 g/mol. The van der Waals surface area contributed by atoms with E-state index in [-0.39, 0.29) is 11.8 Å². The van der Waals surface area contributed by atoms with Crippen molar-refractivity contribution in [2.24, 2.45) is 0 Å². The van der Waals surface area contributed by atoms with Crippen LogP contribution in [0.2, 0.25) is 0 Å². The van der Waals surface area contributed by atoms with Gasteiger partial charge in [-0.3, -0.25) is 9.59 Å². The van der Waals surface area contributed by atoms with Gasteiger partial charge in [0.1, 0.15) is 11.3 Å². The van der Waals surface area contributed by atoms with E-state index in [4.69, 9.17) is 4.74 Å². The average molecular weight is 534 g/mol. The highest BCUT2D eigenvalue weighted by Gasteiger charge is 2.45. The first-order valence-corrected chi connectivity index (χ1v) is 14.5. The Kier molecular flexibility index (Phi) is 11.0. The molecule has 0 fully saturated rings. The van der Waals surface area contributed by atoms with Gasteiger partial charge in [0.25, 0.3) is 5.91 Å². The van der Waals surface area contributed by atoms with Crippen LogP contribution in [0.4, 0.5) is 0 Å². The van der Waals surface area contributed by atoms with Crippen molar-refractivity contribution in [3.63, 3.8) is 0 Å². The van der Waals surface area contributed by atoms with Crippen molar-refractivity contribution in [1.29, 1.82) is 0 Å². The Morgan fingerprint density at radius 2 is 1.72 bits per heavy atom. The molecule has 0 spiro atoms. The Bertz CT molecular complexity index is 1230. The van der Waals surface area contributed by atoms with Crippen LogP contribution in [0.15, 0.2) is 48.5 Å². The summed E-state index contributed by atoms with van der Waals surface area (Å²) in [6.45, 7) is 9.37. The van der Waals surface area contributed by atoms with Crippen molar-refractivity contribution < 1.29 is 14.3 Å². The number of aromatic nitrogens is 1. The molecular formula is C33H47N3O3. The number of rotatable bonds is 15. The number of likely N-dealkylation sites (N-methyl/N-ethyl adjacent to an activating group) is 1. The minimum Gasteiger partial charge on any atom is -0.497 e. The number of hydrogen-bond donors (Lipinski definition) is 1. The molecule has 0 aliphatic rings. The van der Waals surface area contributed by atoms with E-state index in [1.54, 1.807) is 7.11 Å². The SMILES string of the molecule is CCCCCC(NC(C)=O)(C(=O)N(C)CCCC)c1c(C)n(CCCc2ccccc2)c2ccc(OC)cc12. The van der Waals surface area contributed by atoms with Crippen LogP contribution in [0.3, 0.4) is 0 Å². The van der Waals surface area contributed by atoms with Gasteiger partial charge in [0, 0.05) is 49.2 Å². The van der Waals surface area contributed by atoms with Gasteiger partial charge in [-0.05, 0) is 56.4 Å². The van der Waals surface area contributed by atoms with Gasteiger partial charge in [-0.25, -0.2) is 0 Å². The number of fused-ring (bicyclic) bond motifs is 1. The minimum absolute atomic E-state index is 0.0449. The molecule has 1 aromatic heterocycles. The van der Waals surface area contributed by atoms with Gasteiger partial charge in [0.2, 0.25) is 5.91 Å². The number of hydrogen-bond acceptors (Lipinski definition) is 3. The van der Waals surface area contributed by atoms with Crippen molar-refractivity contribution in [3.05, 3.63) is 65.4 Å². The number of carbonyl (C=O) groups is 2. The summed E-state index contributed by atoms with van der Waals surface area (Å²) in [7, 11) is 3.53. The van der Waals surface area contributed by atoms with Crippen LogP contribution >= 0.6 is 0 Å². The van der Waals surface area contributed by atoms with E-state index < -0.39 is 5.54 Å². The molecule has 3 aromatic rings. The fraction of sp³-hybridized carbons (Fsp3) is 0.515. The number of benzene rings is 2. The third-order valence-electron chi connectivity index (χ3n) is 7.75. The van der Waals surface area contributed by atoms with Gasteiger partial charge in [-0.2, -0.15) is 0 Å². The van der Waals surface area contributed by atoms with Crippen LogP contribution in [-0.4, -0.2) is 42.0 Å². The summed E-state index contributed by atoms with van der Waals surface area (Å²) < 4.78 is 7.95. The molecule has 1 heterocycles. The maximum Gasteiger partial charge on any atom is 0.252 e. The lowest BCUT2D eigenvalue weighted by Gasteiger charge is -2.37. The van der Waals surface area contributed by atoms with Crippen molar-refractivity contribution in [2.75, 3.05) is 20.7 Å². The number of aryl methyl sites for hydroxylation is 2. The van der Waals surface area contributed by atoms with Crippen molar-refractivity contribution in [3.8, 4) is 5.75 Å². The predicted octanol–water partition coefficient (Wildman–Crippen LogP) is 6.76. The minimum atomic E-state index is -1.15. The van der Waals surface area contributed by atoms with Crippen molar-refractivity contribution in [1.82, 2.24) is 14.8 Å². The molecule has 0 aliphatic carbocycles. The largest absolute Gasteiger partial charge is 0.497 e. The zero-order valence-corrected chi connectivity index (χ0v) is 24.8. The Hall–Kier alpha value is -3.28. The quantitative estimate of drug-likeness (QED) is 0.220. The fourth-order valence-corrected chi connectivity index (χ4v) is 5.78. The van der Waals surface area contributed by atoms with Crippen molar-refractivity contribution >= 4 is 22.7 Å². The van der Waals surface area contributed by atoms with Gasteiger partial charge in [0.15, 0.2) is 0 Å². The number of methoxy groups -OCH3 is 1. The van der Waals surface area contributed by atoms with E-state index in [9.17, 15) is 9.59 Å². The van der Waals surface area contributed by atoms with Gasteiger partial charge >= 0.3 is 0 Å². The third-order valence-corrected chi connectivity index (χ3v) is 7.75. The van der Waals surface area contributed by atoms with E-state index in [0.717, 1.165) is 79.4 Å². The smallest absolute Gasteiger partial charge is 0.252 e. The molecule has 0 saturated carbocycles. The van der Waals surface area contributed by atoms with Gasteiger partial charge in [-0.1, -0.05) is 69.9 Å². The highest BCUT2D eigenvalue weighted by Crippen LogP contribution is 2.40. The first kappa shape index (κ1) is 30.3. The molecule has 1 unspecified atom stereocenters. The van der Waals surface area contributed by atoms with Crippen LogP contribution in [0.1, 0.15) is 82.5 Å². The summed E-state index contributed by atoms with van der Waals surface area (Å²) in [6, 6.07) is 16.6. The Balaban J connectivity index is 2.19. The maximum absolute atomic E-state index is 14.4. The molecule has 212 valence electrons. The number of ether oxygens (including phenoxy) is 1. The van der Waals surface area contributed by atoms with Crippen LogP contribution in [0.25, 0.3) is 10.9 Å². The summed E-state index contributed by atoms with van der Waals surface area (Å²) in [5.41, 5.74) is 3.15. The highest BCUT2D eigenvalue weighted by atomic mass is 16.5. The standard InChI is InChI=1S/C33H47N3O3/c1-7-9-14-21-33(34-26(4)37,32(38)35(5)22-10-8-2)31-25(3)36(23-15-18-27-16-12-11-13-17-27)30-20-19-28(39-6)24-29(30)31/h11-13,16-17,19-20,24H,7-10,14-15,18,21-23H2,1-6H3,(H,34,37). The Labute approximate surface area is 234 Å². The van der Waals surface area contributed by atoms with E-state index in [1.165, 1.54) is 12.5 Å². The molecule has 0 aliphatic heterocycles.